The molecule has 0 bridgehead atoms. The Hall–Kier alpha value is -0.100. The molecule has 0 aliphatic carbocycles. The summed E-state index contributed by atoms with van der Waals surface area (Å²) in [6, 6.07) is 0.733. The fourth-order valence-electron chi connectivity index (χ4n) is 2.65. The summed E-state index contributed by atoms with van der Waals surface area (Å²) in [5.74, 6) is 0.760. The number of nitrogens with zero attached hydrogens (tertiary/aromatic N) is 2. The van der Waals surface area contributed by atoms with Crippen molar-refractivity contribution < 1.29 is 4.74 Å². The molecule has 0 radical (unpaired) electrons. The van der Waals surface area contributed by atoms with Gasteiger partial charge in [0.15, 0.2) is 0 Å². The van der Waals surface area contributed by atoms with Gasteiger partial charge < -0.3 is 9.64 Å². The number of piperidine rings is 1. The first-order chi connectivity index (χ1) is 9.24. The Morgan fingerprint density at radius 3 is 3.00 bits per heavy atom. The third-order valence-corrected chi connectivity index (χ3v) is 5.49. The van der Waals surface area contributed by atoms with Gasteiger partial charge in [-0.25, -0.2) is 4.98 Å². The predicted molar refractivity (Wildman–Crippen MR) is 84.1 cm³/mol. The highest BCUT2D eigenvalue weighted by molar-refractivity contribution is 7.79. The monoisotopic (exact) mass is 300 g/mol. The first-order valence-electron chi connectivity index (χ1n) is 7.06. The molecule has 1 fully saturated rings. The van der Waals surface area contributed by atoms with Crippen LogP contribution >= 0.6 is 24.0 Å². The SMILES string of the molecule is COCc1nc(CCN2CCCCC2C)sc1CS. The zero-order valence-electron chi connectivity index (χ0n) is 11.9. The van der Waals surface area contributed by atoms with Gasteiger partial charge in [0.1, 0.15) is 0 Å². The van der Waals surface area contributed by atoms with E-state index in [0.717, 1.165) is 30.5 Å². The smallest absolute Gasteiger partial charge is 0.0945 e. The van der Waals surface area contributed by atoms with Crippen molar-refractivity contribution in [3.8, 4) is 0 Å². The van der Waals surface area contributed by atoms with Gasteiger partial charge in [-0.2, -0.15) is 12.6 Å². The quantitative estimate of drug-likeness (QED) is 0.817. The van der Waals surface area contributed by atoms with Crippen LogP contribution in [0.1, 0.15) is 41.8 Å². The Morgan fingerprint density at radius 1 is 1.47 bits per heavy atom. The summed E-state index contributed by atoms with van der Waals surface area (Å²) in [7, 11) is 1.72. The second-order valence-corrected chi connectivity index (χ2v) is 6.68. The summed E-state index contributed by atoms with van der Waals surface area (Å²) in [5.41, 5.74) is 1.07. The number of hydrogen-bond donors (Lipinski definition) is 1. The van der Waals surface area contributed by atoms with E-state index in [-0.39, 0.29) is 0 Å². The largest absolute Gasteiger partial charge is 0.378 e. The lowest BCUT2D eigenvalue weighted by Gasteiger charge is -2.33. The van der Waals surface area contributed by atoms with Crippen LogP contribution in [0.5, 0.6) is 0 Å². The Bertz CT molecular complexity index is 395. The summed E-state index contributed by atoms with van der Waals surface area (Å²) in [5, 5.41) is 1.23. The molecule has 1 aromatic heterocycles. The van der Waals surface area contributed by atoms with E-state index >= 15 is 0 Å². The van der Waals surface area contributed by atoms with E-state index in [1.165, 1.54) is 35.7 Å². The van der Waals surface area contributed by atoms with Crippen LogP contribution in [-0.2, 0) is 23.5 Å². The predicted octanol–water partition coefficient (Wildman–Crippen LogP) is 3.14. The Labute approximate surface area is 125 Å². The van der Waals surface area contributed by atoms with Crippen molar-refractivity contribution in [2.75, 3.05) is 20.2 Å². The van der Waals surface area contributed by atoms with Gasteiger partial charge in [-0.05, 0) is 26.3 Å². The van der Waals surface area contributed by atoms with Gasteiger partial charge in [0, 0.05) is 36.7 Å². The zero-order valence-corrected chi connectivity index (χ0v) is 13.6. The highest BCUT2D eigenvalue weighted by Crippen LogP contribution is 2.23. The summed E-state index contributed by atoms with van der Waals surface area (Å²) in [6.45, 7) is 5.33. The molecule has 108 valence electrons. The molecule has 1 unspecified atom stereocenters. The standard InChI is InChI=1S/C14H24N2OS2/c1-11-5-3-4-7-16(11)8-6-14-15-12(9-17-2)13(10-18)19-14/h11,18H,3-10H2,1-2H3. The molecule has 0 aromatic carbocycles. The average molecular weight is 300 g/mol. The average Bonchev–Trinajstić information content (AvgIpc) is 2.81. The molecule has 2 rings (SSSR count). The van der Waals surface area contributed by atoms with Crippen LogP contribution in [-0.4, -0.2) is 36.1 Å². The zero-order chi connectivity index (χ0) is 13.7. The number of hydrogen-bond acceptors (Lipinski definition) is 5. The number of aromatic nitrogens is 1. The van der Waals surface area contributed by atoms with Crippen molar-refractivity contribution in [1.82, 2.24) is 9.88 Å². The van der Waals surface area contributed by atoms with Crippen LogP contribution in [0.2, 0.25) is 0 Å². The minimum absolute atomic E-state index is 0.604. The van der Waals surface area contributed by atoms with Gasteiger partial charge in [0.05, 0.1) is 17.3 Å². The number of methoxy groups -OCH3 is 1. The molecule has 19 heavy (non-hydrogen) atoms. The molecule has 1 aliphatic heterocycles. The molecule has 1 aromatic rings. The number of thiol groups is 1. The molecule has 0 amide bonds. The molecule has 0 saturated carbocycles. The summed E-state index contributed by atoms with van der Waals surface area (Å²) < 4.78 is 5.20. The second kappa shape index (κ2) is 7.62. The van der Waals surface area contributed by atoms with Gasteiger partial charge in [0.2, 0.25) is 0 Å². The Kier molecular flexibility index (Phi) is 6.13. The maximum absolute atomic E-state index is 5.20. The molecule has 5 heteroatoms. The van der Waals surface area contributed by atoms with Crippen LogP contribution < -0.4 is 0 Å². The molecule has 0 N–H and O–H groups in total. The molecular formula is C14H24N2OS2. The van der Waals surface area contributed by atoms with E-state index in [9.17, 15) is 0 Å². The lowest BCUT2D eigenvalue weighted by Crippen LogP contribution is -2.38. The van der Waals surface area contributed by atoms with E-state index in [1.54, 1.807) is 18.4 Å². The normalized spacial score (nSPS) is 20.9. The summed E-state index contributed by atoms with van der Waals surface area (Å²) >= 11 is 6.17. The minimum Gasteiger partial charge on any atom is -0.378 e. The van der Waals surface area contributed by atoms with Crippen molar-refractivity contribution in [1.29, 1.82) is 0 Å². The van der Waals surface area contributed by atoms with Gasteiger partial charge in [-0.3, -0.25) is 0 Å². The van der Waals surface area contributed by atoms with Crippen molar-refractivity contribution >= 4 is 24.0 Å². The van der Waals surface area contributed by atoms with E-state index in [0.29, 0.717) is 6.61 Å². The van der Waals surface area contributed by atoms with Crippen LogP contribution in [0.4, 0.5) is 0 Å². The highest BCUT2D eigenvalue weighted by Gasteiger charge is 2.18. The first kappa shape index (κ1) is 15.3. The highest BCUT2D eigenvalue weighted by atomic mass is 32.1. The molecule has 1 atom stereocenters. The Balaban J connectivity index is 1.91. The van der Waals surface area contributed by atoms with Crippen molar-refractivity contribution in [3.05, 3.63) is 15.6 Å². The molecule has 1 aliphatic rings. The molecule has 2 heterocycles. The summed E-state index contributed by atoms with van der Waals surface area (Å²) in [4.78, 5) is 8.55. The van der Waals surface area contributed by atoms with E-state index in [2.05, 4.69) is 24.5 Å². The molecule has 3 nitrogen and oxygen atoms in total. The van der Waals surface area contributed by atoms with Crippen LogP contribution in [0, 0.1) is 0 Å². The maximum Gasteiger partial charge on any atom is 0.0945 e. The van der Waals surface area contributed by atoms with Crippen LogP contribution in [0.15, 0.2) is 0 Å². The van der Waals surface area contributed by atoms with Gasteiger partial charge in [-0.15, -0.1) is 11.3 Å². The molecule has 0 spiro atoms. The van der Waals surface area contributed by atoms with Gasteiger partial charge in [-0.1, -0.05) is 6.42 Å². The number of ether oxygens (including phenoxy) is 1. The third-order valence-electron chi connectivity index (χ3n) is 3.80. The Morgan fingerprint density at radius 2 is 2.32 bits per heavy atom. The van der Waals surface area contributed by atoms with Crippen LogP contribution in [0.3, 0.4) is 0 Å². The van der Waals surface area contributed by atoms with E-state index in [4.69, 9.17) is 9.72 Å². The third kappa shape index (κ3) is 4.18. The first-order valence-corrected chi connectivity index (χ1v) is 8.50. The van der Waals surface area contributed by atoms with Crippen molar-refractivity contribution in [3.63, 3.8) is 0 Å². The lowest BCUT2D eigenvalue weighted by molar-refractivity contribution is 0.162. The van der Waals surface area contributed by atoms with E-state index < -0.39 is 0 Å². The van der Waals surface area contributed by atoms with Crippen LogP contribution in [0.25, 0.3) is 0 Å². The second-order valence-electron chi connectivity index (χ2n) is 5.20. The fourth-order valence-corrected chi connectivity index (χ4v) is 3.94. The summed E-state index contributed by atoms with van der Waals surface area (Å²) in [6.07, 6.45) is 5.13. The van der Waals surface area contributed by atoms with E-state index in [1.807, 2.05) is 0 Å². The van der Waals surface area contributed by atoms with Crippen molar-refractivity contribution in [2.45, 2.75) is 51.0 Å². The minimum atomic E-state index is 0.604. The lowest BCUT2D eigenvalue weighted by atomic mass is 10.0. The van der Waals surface area contributed by atoms with Gasteiger partial charge in [0.25, 0.3) is 0 Å². The number of rotatable bonds is 6. The fraction of sp³-hybridized carbons (Fsp3) is 0.786. The topological polar surface area (TPSA) is 25.4 Å². The number of thiazole rings is 1. The molecule has 1 saturated heterocycles. The van der Waals surface area contributed by atoms with Gasteiger partial charge >= 0.3 is 0 Å². The maximum atomic E-state index is 5.20. The van der Waals surface area contributed by atoms with Crippen molar-refractivity contribution in [2.24, 2.45) is 0 Å². The molecular weight excluding hydrogens is 276 g/mol. The number of likely N-dealkylation sites (tertiary alicyclic amines) is 1.